The summed E-state index contributed by atoms with van der Waals surface area (Å²) in [6, 6.07) is 0. The van der Waals surface area contributed by atoms with Gasteiger partial charge in [0.15, 0.2) is 0 Å². The predicted molar refractivity (Wildman–Crippen MR) is 59.1 cm³/mol. The Bertz CT molecular complexity index is 187. The van der Waals surface area contributed by atoms with Gasteiger partial charge < -0.3 is 4.90 Å². The molecule has 1 amide bonds. The lowest BCUT2D eigenvalue weighted by molar-refractivity contribution is -0.135. The van der Waals surface area contributed by atoms with Gasteiger partial charge in [0, 0.05) is 19.0 Å². The topological polar surface area (TPSA) is 20.3 Å². The van der Waals surface area contributed by atoms with Crippen LogP contribution in [-0.4, -0.2) is 23.9 Å². The molecule has 1 rings (SSSR count). The lowest BCUT2D eigenvalue weighted by atomic mass is 10.0. The Labute approximate surface area is 87.7 Å². The van der Waals surface area contributed by atoms with E-state index in [0.29, 0.717) is 5.91 Å². The summed E-state index contributed by atoms with van der Waals surface area (Å²) in [5.41, 5.74) is 0. The molecule has 0 saturated heterocycles. The molecule has 0 heterocycles. The van der Waals surface area contributed by atoms with Gasteiger partial charge >= 0.3 is 0 Å². The fourth-order valence-electron chi connectivity index (χ4n) is 1.96. The van der Waals surface area contributed by atoms with Crippen molar-refractivity contribution in [3.05, 3.63) is 0 Å². The number of carbonyl (C=O) groups excluding carboxylic acids is 1. The van der Waals surface area contributed by atoms with Crippen molar-refractivity contribution in [1.29, 1.82) is 0 Å². The molecule has 1 aliphatic carbocycles. The summed E-state index contributed by atoms with van der Waals surface area (Å²) >= 11 is 0. The van der Waals surface area contributed by atoms with E-state index < -0.39 is 0 Å². The monoisotopic (exact) mass is 197 g/mol. The van der Waals surface area contributed by atoms with Gasteiger partial charge in [0.1, 0.15) is 0 Å². The fourth-order valence-corrected chi connectivity index (χ4v) is 1.96. The maximum Gasteiger partial charge on any atom is 0.225 e. The zero-order chi connectivity index (χ0) is 10.6. The Morgan fingerprint density at radius 1 is 1.43 bits per heavy atom. The molecule has 0 aromatic rings. The predicted octanol–water partition coefficient (Wildman–Crippen LogP) is 2.68. The molecule has 1 fully saturated rings. The highest BCUT2D eigenvalue weighted by Crippen LogP contribution is 2.35. The molecule has 1 atom stereocenters. The highest BCUT2D eigenvalue weighted by molar-refractivity contribution is 5.78. The maximum atomic E-state index is 12.0. The lowest BCUT2D eigenvalue weighted by Gasteiger charge is -2.23. The van der Waals surface area contributed by atoms with E-state index in [2.05, 4.69) is 20.8 Å². The van der Waals surface area contributed by atoms with Crippen molar-refractivity contribution < 1.29 is 4.79 Å². The summed E-state index contributed by atoms with van der Waals surface area (Å²) < 4.78 is 0. The molecular weight excluding hydrogens is 174 g/mol. The largest absolute Gasteiger partial charge is 0.343 e. The number of amides is 1. The van der Waals surface area contributed by atoms with Crippen LogP contribution in [0.5, 0.6) is 0 Å². The molecule has 0 unspecified atom stereocenters. The minimum atomic E-state index is 0.244. The first-order valence-electron chi connectivity index (χ1n) is 5.97. The second kappa shape index (κ2) is 5.38. The van der Waals surface area contributed by atoms with E-state index in [1.807, 2.05) is 4.90 Å². The smallest absolute Gasteiger partial charge is 0.225 e. The lowest BCUT2D eigenvalue weighted by Crippen LogP contribution is -2.35. The van der Waals surface area contributed by atoms with Crippen molar-refractivity contribution >= 4 is 5.91 Å². The third kappa shape index (κ3) is 3.32. The van der Waals surface area contributed by atoms with Crippen molar-refractivity contribution in [2.75, 3.05) is 13.1 Å². The van der Waals surface area contributed by atoms with Gasteiger partial charge in [-0.15, -0.1) is 0 Å². The molecule has 1 saturated carbocycles. The van der Waals surface area contributed by atoms with E-state index in [-0.39, 0.29) is 5.92 Å². The van der Waals surface area contributed by atoms with Gasteiger partial charge in [-0.1, -0.05) is 26.7 Å². The van der Waals surface area contributed by atoms with E-state index >= 15 is 0 Å². The van der Waals surface area contributed by atoms with Crippen LogP contribution in [0.2, 0.25) is 0 Å². The number of rotatable bonds is 6. The quantitative estimate of drug-likeness (QED) is 0.641. The van der Waals surface area contributed by atoms with Crippen molar-refractivity contribution in [2.45, 2.75) is 46.5 Å². The summed E-state index contributed by atoms with van der Waals surface area (Å²) in [5.74, 6) is 1.46. The highest BCUT2D eigenvalue weighted by atomic mass is 16.2. The zero-order valence-corrected chi connectivity index (χ0v) is 9.75. The van der Waals surface area contributed by atoms with Crippen molar-refractivity contribution in [1.82, 2.24) is 4.90 Å². The third-order valence-electron chi connectivity index (χ3n) is 2.99. The summed E-state index contributed by atoms with van der Waals surface area (Å²) in [4.78, 5) is 13.9. The van der Waals surface area contributed by atoms with E-state index in [1.165, 1.54) is 12.8 Å². The minimum absolute atomic E-state index is 0.244. The van der Waals surface area contributed by atoms with Crippen LogP contribution in [-0.2, 0) is 4.79 Å². The molecule has 2 heteroatoms. The third-order valence-corrected chi connectivity index (χ3v) is 2.99. The summed E-state index contributed by atoms with van der Waals surface area (Å²) in [6.45, 7) is 8.06. The molecule has 0 aromatic carbocycles. The molecule has 2 nitrogen and oxygen atoms in total. The number of carbonyl (C=O) groups is 1. The molecule has 0 spiro atoms. The molecule has 1 aliphatic rings. The second-order valence-electron chi connectivity index (χ2n) is 4.50. The van der Waals surface area contributed by atoms with E-state index in [1.54, 1.807) is 0 Å². The van der Waals surface area contributed by atoms with Gasteiger partial charge in [-0.25, -0.2) is 0 Å². The Morgan fingerprint density at radius 2 is 2.07 bits per heavy atom. The Hall–Kier alpha value is -0.530. The molecule has 0 aromatic heterocycles. The summed E-state index contributed by atoms with van der Waals surface area (Å²) in [6.07, 6.45) is 4.86. The van der Waals surface area contributed by atoms with E-state index in [9.17, 15) is 4.79 Å². The standard InChI is InChI=1S/C12H23NO/c1-4-8-13(5-2)12(14)10(3)9-11-6-7-11/h10-11H,4-9H2,1-3H3/t10-/m1/s1. The van der Waals surface area contributed by atoms with Crippen LogP contribution in [0.1, 0.15) is 46.5 Å². The molecule has 0 aliphatic heterocycles. The van der Waals surface area contributed by atoms with Crippen molar-refractivity contribution in [2.24, 2.45) is 11.8 Å². The van der Waals surface area contributed by atoms with Gasteiger partial charge in [-0.2, -0.15) is 0 Å². The van der Waals surface area contributed by atoms with Crippen LogP contribution >= 0.6 is 0 Å². The summed E-state index contributed by atoms with van der Waals surface area (Å²) in [7, 11) is 0. The summed E-state index contributed by atoms with van der Waals surface area (Å²) in [5, 5.41) is 0. The molecule has 0 bridgehead atoms. The maximum absolute atomic E-state index is 12.0. The first-order chi connectivity index (χ1) is 6.69. The Morgan fingerprint density at radius 3 is 2.50 bits per heavy atom. The van der Waals surface area contributed by atoms with Crippen LogP contribution in [0.3, 0.4) is 0 Å². The number of hydrogen-bond donors (Lipinski definition) is 0. The second-order valence-corrected chi connectivity index (χ2v) is 4.50. The van der Waals surface area contributed by atoms with Crippen LogP contribution < -0.4 is 0 Å². The minimum Gasteiger partial charge on any atom is -0.343 e. The fraction of sp³-hybridized carbons (Fsp3) is 0.917. The Kier molecular flexibility index (Phi) is 4.43. The van der Waals surface area contributed by atoms with Gasteiger partial charge in [-0.05, 0) is 25.7 Å². The van der Waals surface area contributed by atoms with Gasteiger partial charge in [-0.3, -0.25) is 4.79 Å². The van der Waals surface area contributed by atoms with Gasteiger partial charge in [0.05, 0.1) is 0 Å². The van der Waals surface area contributed by atoms with E-state index in [4.69, 9.17) is 0 Å². The van der Waals surface area contributed by atoms with Crippen LogP contribution in [0, 0.1) is 11.8 Å². The van der Waals surface area contributed by atoms with Crippen LogP contribution in [0.25, 0.3) is 0 Å². The first-order valence-corrected chi connectivity index (χ1v) is 5.97. The van der Waals surface area contributed by atoms with E-state index in [0.717, 1.165) is 31.8 Å². The molecule has 82 valence electrons. The average molecular weight is 197 g/mol. The molecular formula is C12H23NO. The zero-order valence-electron chi connectivity index (χ0n) is 9.75. The van der Waals surface area contributed by atoms with Crippen molar-refractivity contribution in [3.63, 3.8) is 0 Å². The first kappa shape index (κ1) is 11.5. The number of hydrogen-bond acceptors (Lipinski definition) is 1. The number of nitrogens with zero attached hydrogens (tertiary/aromatic N) is 1. The van der Waals surface area contributed by atoms with Crippen LogP contribution in [0.4, 0.5) is 0 Å². The highest BCUT2D eigenvalue weighted by Gasteiger charge is 2.28. The molecule has 0 radical (unpaired) electrons. The molecule has 0 N–H and O–H groups in total. The molecule has 14 heavy (non-hydrogen) atoms. The average Bonchev–Trinajstić information content (AvgIpc) is 2.96. The van der Waals surface area contributed by atoms with Gasteiger partial charge in [0.2, 0.25) is 5.91 Å². The normalized spacial score (nSPS) is 17.9. The van der Waals surface area contributed by atoms with Gasteiger partial charge in [0.25, 0.3) is 0 Å². The van der Waals surface area contributed by atoms with Crippen LogP contribution in [0.15, 0.2) is 0 Å². The van der Waals surface area contributed by atoms with Crippen molar-refractivity contribution in [3.8, 4) is 0 Å². The Balaban J connectivity index is 2.34. The SMILES string of the molecule is CCCN(CC)C(=O)[C@H](C)CC1CC1.